The zero-order valence-electron chi connectivity index (χ0n) is 17.0. The highest BCUT2D eigenvalue weighted by Gasteiger charge is 2.38. The van der Waals surface area contributed by atoms with Crippen LogP contribution in [-0.4, -0.2) is 54.0 Å². The summed E-state index contributed by atoms with van der Waals surface area (Å²) < 4.78 is 46.4. The summed E-state index contributed by atoms with van der Waals surface area (Å²) in [5.74, 6) is 0.358. The van der Waals surface area contributed by atoms with Gasteiger partial charge in [0.25, 0.3) is 0 Å². The Morgan fingerprint density at radius 2 is 2.06 bits per heavy atom. The van der Waals surface area contributed by atoms with E-state index in [1.807, 2.05) is 0 Å². The second-order valence-corrected chi connectivity index (χ2v) is 7.49. The monoisotopic (exact) mass is 482 g/mol. The molecule has 2 atom stereocenters. The SMILES string of the molecule is COc1ccc(Cl)cc1-c1nn(CC(O)C(F)(F)F)cc1NC(O)c1cnn2cccnc12. The summed E-state index contributed by atoms with van der Waals surface area (Å²) in [4.78, 5) is 4.18. The third-order valence-electron chi connectivity index (χ3n) is 4.81. The fourth-order valence-corrected chi connectivity index (χ4v) is 3.40. The van der Waals surface area contributed by atoms with Crippen LogP contribution >= 0.6 is 11.6 Å². The third kappa shape index (κ3) is 4.72. The Morgan fingerprint density at radius 3 is 2.79 bits per heavy atom. The van der Waals surface area contributed by atoms with Crippen molar-refractivity contribution in [3.8, 4) is 17.0 Å². The molecule has 0 bridgehead atoms. The minimum atomic E-state index is -4.82. The summed E-state index contributed by atoms with van der Waals surface area (Å²) in [6, 6.07) is 6.36. The number of anilines is 1. The molecular weight excluding hydrogens is 465 g/mol. The number of aliphatic hydroxyl groups is 2. The molecule has 174 valence electrons. The maximum Gasteiger partial charge on any atom is 0.416 e. The number of fused-ring (bicyclic) bond motifs is 1. The van der Waals surface area contributed by atoms with E-state index in [0.29, 0.717) is 27.5 Å². The summed E-state index contributed by atoms with van der Waals surface area (Å²) in [5, 5.41) is 31.8. The number of rotatable bonds is 7. The van der Waals surface area contributed by atoms with E-state index < -0.39 is 25.1 Å². The topological polar surface area (TPSA) is 110 Å². The van der Waals surface area contributed by atoms with Gasteiger partial charge in [-0.25, -0.2) is 9.50 Å². The summed E-state index contributed by atoms with van der Waals surface area (Å²) in [6.45, 7) is -0.852. The molecule has 9 nitrogen and oxygen atoms in total. The van der Waals surface area contributed by atoms with Crippen molar-refractivity contribution >= 4 is 22.9 Å². The third-order valence-corrected chi connectivity index (χ3v) is 5.04. The van der Waals surface area contributed by atoms with Crippen LogP contribution in [0.3, 0.4) is 0 Å². The van der Waals surface area contributed by atoms with Crippen molar-refractivity contribution < 1.29 is 28.1 Å². The van der Waals surface area contributed by atoms with Gasteiger partial charge in [0.15, 0.2) is 18.0 Å². The van der Waals surface area contributed by atoms with Crippen LogP contribution in [0.15, 0.2) is 49.1 Å². The Labute approximate surface area is 190 Å². The standard InChI is InChI=1S/C20H18ClF3N6O3/c1-33-15-4-3-11(21)7-12(15)17-14(9-29(28-17)10-16(31)20(22,23)24)27-19(32)13-8-26-30-6-2-5-25-18(13)30/h2-9,16,19,27,31-32H,10H2,1H3. The van der Waals surface area contributed by atoms with E-state index in [4.69, 9.17) is 16.3 Å². The fraction of sp³-hybridized carbons (Fsp3) is 0.250. The van der Waals surface area contributed by atoms with Crippen molar-refractivity contribution in [3.63, 3.8) is 0 Å². The number of nitrogens with one attached hydrogen (secondary N) is 1. The number of ether oxygens (including phenoxy) is 1. The number of alkyl halides is 3. The van der Waals surface area contributed by atoms with Crippen LogP contribution in [0, 0.1) is 0 Å². The van der Waals surface area contributed by atoms with Crippen molar-refractivity contribution in [2.24, 2.45) is 0 Å². The molecule has 3 heterocycles. The Hall–Kier alpha value is -3.35. The molecule has 0 aliphatic carbocycles. The lowest BCUT2D eigenvalue weighted by Crippen LogP contribution is -2.32. The lowest BCUT2D eigenvalue weighted by molar-refractivity contribution is -0.208. The first-order valence-electron chi connectivity index (χ1n) is 9.56. The van der Waals surface area contributed by atoms with Crippen LogP contribution in [0.1, 0.15) is 11.8 Å². The van der Waals surface area contributed by atoms with Gasteiger partial charge < -0.3 is 20.3 Å². The highest BCUT2D eigenvalue weighted by Crippen LogP contribution is 2.37. The van der Waals surface area contributed by atoms with Crippen molar-refractivity contribution in [2.45, 2.75) is 25.1 Å². The number of nitrogens with zero attached hydrogens (tertiary/aromatic N) is 5. The first-order valence-corrected chi connectivity index (χ1v) is 9.94. The molecule has 0 aliphatic rings. The first kappa shape index (κ1) is 22.8. The predicted octanol–water partition coefficient (Wildman–Crippen LogP) is 3.28. The lowest BCUT2D eigenvalue weighted by Gasteiger charge is -2.14. The largest absolute Gasteiger partial charge is 0.496 e. The molecule has 0 amide bonds. The van der Waals surface area contributed by atoms with E-state index >= 15 is 0 Å². The molecule has 3 N–H and O–H groups in total. The normalized spacial score (nSPS) is 13.8. The van der Waals surface area contributed by atoms with Crippen molar-refractivity contribution in [2.75, 3.05) is 12.4 Å². The molecule has 0 saturated heterocycles. The van der Waals surface area contributed by atoms with Crippen LogP contribution < -0.4 is 10.1 Å². The van der Waals surface area contributed by atoms with Gasteiger partial charge >= 0.3 is 6.18 Å². The number of hydrogen-bond donors (Lipinski definition) is 3. The van der Waals surface area contributed by atoms with Crippen molar-refractivity contribution in [3.05, 3.63) is 59.6 Å². The molecule has 0 saturated carbocycles. The second kappa shape index (κ2) is 8.89. The van der Waals surface area contributed by atoms with Gasteiger partial charge in [-0.2, -0.15) is 23.4 Å². The summed E-state index contributed by atoms with van der Waals surface area (Å²) in [7, 11) is 1.42. The molecule has 1 aromatic carbocycles. The summed E-state index contributed by atoms with van der Waals surface area (Å²) >= 11 is 6.11. The molecule has 0 spiro atoms. The van der Waals surface area contributed by atoms with E-state index in [9.17, 15) is 23.4 Å². The van der Waals surface area contributed by atoms with Gasteiger partial charge in [0.1, 0.15) is 11.4 Å². The zero-order chi connectivity index (χ0) is 23.8. The van der Waals surface area contributed by atoms with Crippen LogP contribution in [0.2, 0.25) is 5.02 Å². The maximum atomic E-state index is 12.9. The lowest BCUT2D eigenvalue weighted by atomic mass is 10.1. The minimum Gasteiger partial charge on any atom is -0.496 e. The Morgan fingerprint density at radius 1 is 1.27 bits per heavy atom. The summed E-state index contributed by atoms with van der Waals surface area (Å²) in [5.41, 5.74) is 1.43. The highest BCUT2D eigenvalue weighted by atomic mass is 35.5. The molecule has 0 radical (unpaired) electrons. The Bertz CT molecular complexity index is 1280. The average molecular weight is 483 g/mol. The average Bonchev–Trinajstić information content (AvgIpc) is 3.37. The Balaban J connectivity index is 1.75. The van der Waals surface area contributed by atoms with E-state index in [1.54, 1.807) is 24.4 Å². The van der Waals surface area contributed by atoms with Gasteiger partial charge in [0, 0.05) is 29.2 Å². The van der Waals surface area contributed by atoms with Crippen LogP contribution in [0.25, 0.3) is 16.9 Å². The zero-order valence-corrected chi connectivity index (χ0v) is 17.8. The molecule has 4 aromatic rings. The van der Waals surface area contributed by atoms with Crippen molar-refractivity contribution in [1.82, 2.24) is 24.4 Å². The molecule has 13 heteroatoms. The minimum absolute atomic E-state index is 0.159. The smallest absolute Gasteiger partial charge is 0.416 e. The van der Waals surface area contributed by atoms with Gasteiger partial charge in [-0.3, -0.25) is 4.68 Å². The maximum absolute atomic E-state index is 12.9. The molecule has 0 fully saturated rings. The van der Waals surface area contributed by atoms with Crippen LogP contribution in [0.5, 0.6) is 5.75 Å². The quantitative estimate of drug-likeness (QED) is 0.347. The molecule has 4 rings (SSSR count). The molecule has 33 heavy (non-hydrogen) atoms. The van der Waals surface area contributed by atoms with Gasteiger partial charge in [-0.15, -0.1) is 0 Å². The van der Waals surface area contributed by atoms with Gasteiger partial charge in [0.2, 0.25) is 0 Å². The molecular formula is C20H18ClF3N6O3. The summed E-state index contributed by atoms with van der Waals surface area (Å²) in [6.07, 6.45) is -2.94. The number of hydrogen-bond acceptors (Lipinski definition) is 7. The van der Waals surface area contributed by atoms with Crippen molar-refractivity contribution in [1.29, 1.82) is 0 Å². The number of methoxy groups -OCH3 is 1. The molecule has 3 aromatic heterocycles. The Kier molecular flexibility index (Phi) is 6.15. The highest BCUT2D eigenvalue weighted by molar-refractivity contribution is 6.31. The van der Waals surface area contributed by atoms with Gasteiger partial charge in [-0.1, -0.05) is 11.6 Å². The van der Waals surface area contributed by atoms with Gasteiger partial charge in [0.05, 0.1) is 31.1 Å². The molecule has 0 aliphatic heterocycles. The van der Waals surface area contributed by atoms with E-state index in [2.05, 4.69) is 20.5 Å². The first-order chi connectivity index (χ1) is 15.7. The number of halogens is 4. The second-order valence-electron chi connectivity index (χ2n) is 7.05. The number of aliphatic hydroxyl groups excluding tert-OH is 2. The van der Waals surface area contributed by atoms with E-state index in [0.717, 1.165) is 4.68 Å². The van der Waals surface area contributed by atoms with Crippen LogP contribution in [0.4, 0.5) is 18.9 Å². The predicted molar refractivity (Wildman–Crippen MR) is 113 cm³/mol. The van der Waals surface area contributed by atoms with Crippen LogP contribution in [-0.2, 0) is 6.54 Å². The molecule has 2 unspecified atom stereocenters. The number of benzene rings is 1. The van der Waals surface area contributed by atoms with Gasteiger partial charge in [-0.05, 0) is 24.3 Å². The fourth-order valence-electron chi connectivity index (χ4n) is 3.23. The number of aromatic nitrogens is 5. The van der Waals surface area contributed by atoms with E-state index in [-0.39, 0.29) is 11.4 Å². The van der Waals surface area contributed by atoms with E-state index in [1.165, 1.54) is 36.3 Å².